The summed E-state index contributed by atoms with van der Waals surface area (Å²) in [5.41, 5.74) is 0.948. The van der Waals surface area contributed by atoms with E-state index in [4.69, 9.17) is 4.42 Å². The lowest BCUT2D eigenvalue weighted by atomic mass is 9.97. The monoisotopic (exact) mass is 364 g/mol. The number of aryl methyl sites for hydroxylation is 2. The first-order valence-electron chi connectivity index (χ1n) is 8.03. The van der Waals surface area contributed by atoms with Gasteiger partial charge in [-0.1, -0.05) is 17.7 Å². The minimum atomic E-state index is -3.87. The van der Waals surface area contributed by atoms with E-state index >= 15 is 0 Å². The Balaban J connectivity index is 1.60. The van der Waals surface area contributed by atoms with E-state index in [0.717, 1.165) is 5.56 Å². The largest absolute Gasteiger partial charge is 0.425 e. The van der Waals surface area contributed by atoms with Crippen molar-refractivity contribution in [2.75, 3.05) is 13.1 Å². The Morgan fingerprint density at radius 2 is 1.80 bits per heavy atom. The number of likely N-dealkylation sites (tertiary alicyclic amines) is 1. The number of piperidine rings is 1. The molecule has 0 saturated carbocycles. The molecule has 1 aliphatic heterocycles. The molecule has 1 N–H and O–H groups in total. The highest BCUT2D eigenvalue weighted by atomic mass is 32.2. The van der Waals surface area contributed by atoms with Crippen LogP contribution in [0.25, 0.3) is 0 Å². The maximum absolute atomic E-state index is 12.3. The molecule has 134 valence electrons. The Morgan fingerprint density at radius 1 is 1.16 bits per heavy atom. The third-order valence-electron chi connectivity index (χ3n) is 4.23. The number of sulfonamides is 1. The summed E-state index contributed by atoms with van der Waals surface area (Å²) in [6.45, 7) is 4.46. The first-order chi connectivity index (χ1) is 11.8. The van der Waals surface area contributed by atoms with Crippen molar-refractivity contribution < 1.29 is 17.6 Å². The molecule has 0 atom stereocenters. The predicted octanol–water partition coefficient (Wildman–Crippen LogP) is 1.96. The SMILES string of the molecule is Cc1ccc(S(=O)(=O)NC(=O)N2CCC(c3nnc(C)o3)CC2)cc1. The van der Waals surface area contributed by atoms with Gasteiger partial charge < -0.3 is 9.32 Å². The fraction of sp³-hybridized carbons (Fsp3) is 0.438. The van der Waals surface area contributed by atoms with Crippen molar-refractivity contribution in [2.45, 2.75) is 37.5 Å². The second-order valence-electron chi connectivity index (χ2n) is 6.14. The van der Waals surface area contributed by atoms with Crippen molar-refractivity contribution in [2.24, 2.45) is 0 Å². The summed E-state index contributed by atoms with van der Waals surface area (Å²) in [6.07, 6.45) is 1.30. The number of hydrogen-bond donors (Lipinski definition) is 1. The fourth-order valence-corrected chi connectivity index (χ4v) is 3.73. The number of nitrogens with one attached hydrogen (secondary N) is 1. The van der Waals surface area contributed by atoms with Crippen LogP contribution in [0.15, 0.2) is 33.6 Å². The van der Waals surface area contributed by atoms with Crippen LogP contribution in [-0.4, -0.2) is 42.6 Å². The first-order valence-corrected chi connectivity index (χ1v) is 9.52. The molecule has 0 spiro atoms. The Morgan fingerprint density at radius 3 is 2.36 bits per heavy atom. The highest BCUT2D eigenvalue weighted by Gasteiger charge is 2.29. The lowest BCUT2D eigenvalue weighted by molar-refractivity contribution is 0.182. The summed E-state index contributed by atoms with van der Waals surface area (Å²) < 4.78 is 32.1. The van der Waals surface area contributed by atoms with Gasteiger partial charge in [0.05, 0.1) is 4.90 Å². The van der Waals surface area contributed by atoms with Gasteiger partial charge in [-0.3, -0.25) is 0 Å². The van der Waals surface area contributed by atoms with E-state index < -0.39 is 16.1 Å². The minimum Gasteiger partial charge on any atom is -0.425 e. The van der Waals surface area contributed by atoms with Gasteiger partial charge in [0.1, 0.15) is 0 Å². The number of amides is 2. The molecule has 1 fully saturated rings. The molecule has 9 heteroatoms. The average Bonchev–Trinajstić information content (AvgIpc) is 3.01. The zero-order chi connectivity index (χ0) is 18.0. The van der Waals surface area contributed by atoms with E-state index in [1.807, 2.05) is 6.92 Å². The summed E-state index contributed by atoms with van der Waals surface area (Å²) in [6, 6.07) is 5.73. The molecule has 1 aromatic carbocycles. The predicted molar refractivity (Wildman–Crippen MR) is 89.5 cm³/mol. The van der Waals surface area contributed by atoms with Crippen LogP contribution in [0.1, 0.15) is 36.1 Å². The summed E-state index contributed by atoms with van der Waals surface area (Å²) in [5, 5.41) is 7.83. The zero-order valence-corrected chi connectivity index (χ0v) is 14.9. The molecular formula is C16H20N4O4S. The Bertz CT molecular complexity index is 853. The minimum absolute atomic E-state index is 0.0719. The van der Waals surface area contributed by atoms with Gasteiger partial charge in [0.15, 0.2) is 0 Å². The number of nitrogens with zero attached hydrogens (tertiary/aromatic N) is 3. The van der Waals surface area contributed by atoms with E-state index in [-0.39, 0.29) is 10.8 Å². The number of benzene rings is 1. The standard InChI is InChI=1S/C16H20N4O4S/c1-11-3-5-14(6-4-11)25(22,23)19-16(21)20-9-7-13(8-10-20)15-18-17-12(2)24-15/h3-6,13H,7-10H2,1-2H3,(H,19,21). The van der Waals surface area contributed by atoms with Crippen molar-refractivity contribution >= 4 is 16.1 Å². The number of hydrogen-bond acceptors (Lipinski definition) is 6. The van der Waals surface area contributed by atoms with Gasteiger partial charge in [-0.25, -0.2) is 17.9 Å². The number of rotatable bonds is 3. The maximum Gasteiger partial charge on any atom is 0.331 e. The van der Waals surface area contributed by atoms with Crippen molar-refractivity contribution in [3.63, 3.8) is 0 Å². The van der Waals surface area contributed by atoms with Gasteiger partial charge in [0.2, 0.25) is 11.8 Å². The van der Waals surface area contributed by atoms with Crippen molar-refractivity contribution in [3.8, 4) is 0 Å². The van der Waals surface area contributed by atoms with Crippen molar-refractivity contribution in [1.29, 1.82) is 0 Å². The van der Waals surface area contributed by atoms with Crippen LogP contribution in [0.4, 0.5) is 4.79 Å². The van der Waals surface area contributed by atoms with E-state index in [2.05, 4.69) is 14.9 Å². The van der Waals surface area contributed by atoms with E-state index in [1.165, 1.54) is 17.0 Å². The highest BCUT2D eigenvalue weighted by molar-refractivity contribution is 7.90. The second-order valence-corrected chi connectivity index (χ2v) is 7.83. The van der Waals surface area contributed by atoms with Crippen LogP contribution >= 0.6 is 0 Å². The molecule has 2 aromatic rings. The summed E-state index contributed by atoms with van der Waals surface area (Å²) in [5.74, 6) is 1.18. The maximum atomic E-state index is 12.3. The number of carbonyl (C=O) groups is 1. The number of urea groups is 1. The molecule has 0 aliphatic carbocycles. The van der Waals surface area contributed by atoms with Gasteiger partial charge >= 0.3 is 6.03 Å². The zero-order valence-electron chi connectivity index (χ0n) is 14.1. The van der Waals surface area contributed by atoms with E-state index in [1.54, 1.807) is 19.1 Å². The molecule has 1 saturated heterocycles. The molecule has 2 amide bonds. The third-order valence-corrected chi connectivity index (χ3v) is 5.56. The van der Waals surface area contributed by atoms with Gasteiger partial charge in [0.25, 0.3) is 10.0 Å². The Kier molecular flexibility index (Phi) is 4.76. The van der Waals surface area contributed by atoms with Gasteiger partial charge in [-0.05, 0) is 31.9 Å². The quantitative estimate of drug-likeness (QED) is 0.892. The summed E-state index contributed by atoms with van der Waals surface area (Å²) >= 11 is 0. The molecule has 2 heterocycles. The highest BCUT2D eigenvalue weighted by Crippen LogP contribution is 2.27. The van der Waals surface area contributed by atoms with Crippen molar-refractivity contribution in [3.05, 3.63) is 41.6 Å². The lowest BCUT2D eigenvalue weighted by Gasteiger charge is -2.30. The molecule has 3 rings (SSSR count). The molecule has 0 unspecified atom stereocenters. The lowest BCUT2D eigenvalue weighted by Crippen LogP contribution is -2.46. The van der Waals surface area contributed by atoms with Gasteiger partial charge in [-0.15, -0.1) is 10.2 Å². The third kappa shape index (κ3) is 3.98. The van der Waals surface area contributed by atoms with Crippen LogP contribution < -0.4 is 4.72 Å². The van der Waals surface area contributed by atoms with Crippen LogP contribution in [0, 0.1) is 13.8 Å². The fourth-order valence-electron chi connectivity index (χ4n) is 2.76. The summed E-state index contributed by atoms with van der Waals surface area (Å²) in [4.78, 5) is 13.8. The normalized spacial score (nSPS) is 16.0. The average molecular weight is 364 g/mol. The van der Waals surface area contributed by atoms with E-state index in [0.29, 0.717) is 37.7 Å². The van der Waals surface area contributed by atoms with Crippen LogP contribution in [0.5, 0.6) is 0 Å². The second kappa shape index (κ2) is 6.83. The van der Waals surface area contributed by atoms with E-state index in [9.17, 15) is 13.2 Å². The smallest absolute Gasteiger partial charge is 0.331 e. The number of carbonyl (C=O) groups excluding carboxylic acids is 1. The molecule has 25 heavy (non-hydrogen) atoms. The Labute approximate surface area is 146 Å². The summed E-state index contributed by atoms with van der Waals surface area (Å²) in [7, 11) is -3.87. The Hall–Kier alpha value is -2.42. The molecule has 1 aromatic heterocycles. The molecule has 0 bridgehead atoms. The van der Waals surface area contributed by atoms with Crippen molar-refractivity contribution in [1.82, 2.24) is 19.8 Å². The van der Waals surface area contributed by atoms with Crippen LogP contribution in [0.3, 0.4) is 0 Å². The van der Waals surface area contributed by atoms with Gasteiger partial charge in [0, 0.05) is 25.9 Å². The number of aromatic nitrogens is 2. The van der Waals surface area contributed by atoms with Gasteiger partial charge in [-0.2, -0.15) is 0 Å². The van der Waals surface area contributed by atoms with Crippen LogP contribution in [-0.2, 0) is 10.0 Å². The molecule has 0 radical (unpaired) electrons. The molecule has 1 aliphatic rings. The topological polar surface area (TPSA) is 105 Å². The first kappa shape index (κ1) is 17.4. The molecular weight excluding hydrogens is 344 g/mol. The van der Waals surface area contributed by atoms with Crippen LogP contribution in [0.2, 0.25) is 0 Å². The molecule has 8 nitrogen and oxygen atoms in total.